The number of nitrogens with zero attached hydrogens (tertiary/aromatic N) is 1. The van der Waals surface area contributed by atoms with Crippen molar-refractivity contribution in [2.24, 2.45) is 0 Å². The molecule has 1 amide bonds. The second-order valence-electron chi connectivity index (χ2n) is 4.27. The normalized spacial score (nSPS) is 24.6. The fourth-order valence-corrected chi connectivity index (χ4v) is 1.81. The number of amides is 1. The third-order valence-corrected chi connectivity index (χ3v) is 2.95. The number of anilines is 1. The second kappa shape index (κ2) is 4.25. The van der Waals surface area contributed by atoms with Crippen molar-refractivity contribution in [1.82, 2.24) is 10.2 Å². The van der Waals surface area contributed by atoms with Gasteiger partial charge in [0.25, 0.3) is 5.91 Å². The Kier molecular flexibility index (Phi) is 2.96. The van der Waals surface area contributed by atoms with Crippen molar-refractivity contribution in [3.05, 3.63) is 11.8 Å². The van der Waals surface area contributed by atoms with Gasteiger partial charge in [-0.3, -0.25) is 9.89 Å². The lowest BCUT2D eigenvalue weighted by Crippen LogP contribution is -2.39. The SMILES string of the molecule is CCc1cc(NC(=O)C2(C)CCCO2)n[nH]1. The molecule has 1 aromatic rings. The molecule has 0 saturated carbocycles. The number of ether oxygens (including phenoxy) is 1. The molecule has 1 unspecified atom stereocenters. The number of hydrogen-bond donors (Lipinski definition) is 2. The van der Waals surface area contributed by atoms with Crippen LogP contribution in [-0.2, 0) is 16.0 Å². The maximum Gasteiger partial charge on any atom is 0.257 e. The van der Waals surface area contributed by atoms with E-state index in [0.717, 1.165) is 25.0 Å². The first-order chi connectivity index (χ1) is 7.64. The molecule has 1 atom stereocenters. The minimum atomic E-state index is -0.689. The summed E-state index contributed by atoms with van der Waals surface area (Å²) >= 11 is 0. The summed E-state index contributed by atoms with van der Waals surface area (Å²) in [5.74, 6) is 0.456. The summed E-state index contributed by atoms with van der Waals surface area (Å²) in [5.41, 5.74) is 0.318. The van der Waals surface area contributed by atoms with Crippen LogP contribution >= 0.6 is 0 Å². The fourth-order valence-electron chi connectivity index (χ4n) is 1.81. The number of rotatable bonds is 3. The molecule has 2 heterocycles. The van der Waals surface area contributed by atoms with Crippen molar-refractivity contribution in [2.75, 3.05) is 11.9 Å². The van der Waals surface area contributed by atoms with E-state index in [0.29, 0.717) is 12.4 Å². The van der Waals surface area contributed by atoms with Crippen LogP contribution in [0.25, 0.3) is 0 Å². The van der Waals surface area contributed by atoms with E-state index in [-0.39, 0.29) is 5.91 Å². The minimum Gasteiger partial charge on any atom is -0.365 e. The van der Waals surface area contributed by atoms with Crippen molar-refractivity contribution in [1.29, 1.82) is 0 Å². The molecular weight excluding hydrogens is 206 g/mol. The van der Waals surface area contributed by atoms with E-state index in [9.17, 15) is 4.79 Å². The molecule has 0 radical (unpaired) electrons. The maximum atomic E-state index is 11.9. The van der Waals surface area contributed by atoms with Gasteiger partial charge in [-0.15, -0.1) is 0 Å². The van der Waals surface area contributed by atoms with E-state index in [4.69, 9.17) is 4.74 Å². The number of hydrogen-bond acceptors (Lipinski definition) is 3. The van der Waals surface area contributed by atoms with Crippen molar-refractivity contribution in [3.8, 4) is 0 Å². The van der Waals surface area contributed by atoms with Crippen LogP contribution in [0.4, 0.5) is 5.82 Å². The number of H-pyrrole nitrogens is 1. The van der Waals surface area contributed by atoms with Gasteiger partial charge >= 0.3 is 0 Å². The summed E-state index contributed by atoms with van der Waals surface area (Å²) in [6.45, 7) is 4.51. The molecule has 1 aliphatic heterocycles. The zero-order valence-corrected chi connectivity index (χ0v) is 9.67. The van der Waals surface area contributed by atoms with Crippen LogP contribution in [0.15, 0.2) is 6.07 Å². The zero-order valence-electron chi connectivity index (χ0n) is 9.67. The van der Waals surface area contributed by atoms with Gasteiger partial charge in [-0.2, -0.15) is 5.10 Å². The molecule has 0 aromatic carbocycles. The topological polar surface area (TPSA) is 67.0 Å². The van der Waals surface area contributed by atoms with Crippen LogP contribution in [0.1, 0.15) is 32.4 Å². The summed E-state index contributed by atoms with van der Waals surface area (Å²) in [7, 11) is 0. The number of aromatic nitrogens is 2. The molecule has 5 heteroatoms. The van der Waals surface area contributed by atoms with Gasteiger partial charge in [-0.1, -0.05) is 6.92 Å². The molecule has 16 heavy (non-hydrogen) atoms. The van der Waals surface area contributed by atoms with Crippen molar-refractivity contribution < 1.29 is 9.53 Å². The Morgan fingerprint density at radius 2 is 2.56 bits per heavy atom. The van der Waals surface area contributed by atoms with Crippen LogP contribution in [0, 0.1) is 0 Å². The monoisotopic (exact) mass is 223 g/mol. The first-order valence-corrected chi connectivity index (χ1v) is 5.64. The van der Waals surface area contributed by atoms with Crippen LogP contribution in [0.5, 0.6) is 0 Å². The Morgan fingerprint density at radius 3 is 3.12 bits per heavy atom. The highest BCUT2D eigenvalue weighted by Crippen LogP contribution is 2.26. The summed E-state index contributed by atoms with van der Waals surface area (Å²) < 4.78 is 5.46. The second-order valence-corrected chi connectivity index (χ2v) is 4.27. The predicted octanol–water partition coefficient (Wildman–Crippen LogP) is 1.48. The summed E-state index contributed by atoms with van der Waals surface area (Å²) in [5, 5.41) is 9.65. The first-order valence-electron chi connectivity index (χ1n) is 5.64. The lowest BCUT2D eigenvalue weighted by atomic mass is 10.0. The Balaban J connectivity index is 2.01. The summed E-state index contributed by atoms with van der Waals surface area (Å²) in [6, 6.07) is 1.84. The molecule has 1 fully saturated rings. The van der Waals surface area contributed by atoms with E-state index in [1.807, 2.05) is 19.9 Å². The van der Waals surface area contributed by atoms with E-state index in [1.54, 1.807) is 0 Å². The maximum absolute atomic E-state index is 11.9. The predicted molar refractivity (Wildman–Crippen MR) is 60.2 cm³/mol. The van der Waals surface area contributed by atoms with Gasteiger partial charge in [0.05, 0.1) is 0 Å². The number of nitrogens with one attached hydrogen (secondary N) is 2. The van der Waals surface area contributed by atoms with E-state index < -0.39 is 5.60 Å². The van der Waals surface area contributed by atoms with Gasteiger partial charge in [0.2, 0.25) is 0 Å². The highest BCUT2D eigenvalue weighted by Gasteiger charge is 2.37. The smallest absolute Gasteiger partial charge is 0.257 e. The molecule has 0 aliphatic carbocycles. The molecule has 1 aliphatic rings. The van der Waals surface area contributed by atoms with Crippen LogP contribution < -0.4 is 5.32 Å². The van der Waals surface area contributed by atoms with Crippen LogP contribution in [0.3, 0.4) is 0 Å². The van der Waals surface area contributed by atoms with Crippen LogP contribution in [-0.4, -0.2) is 28.3 Å². The molecule has 2 N–H and O–H groups in total. The Labute approximate surface area is 94.6 Å². The highest BCUT2D eigenvalue weighted by atomic mass is 16.5. The largest absolute Gasteiger partial charge is 0.365 e. The molecule has 1 aromatic heterocycles. The van der Waals surface area contributed by atoms with Crippen LogP contribution in [0.2, 0.25) is 0 Å². The molecular formula is C11H17N3O2. The standard InChI is InChI=1S/C11H17N3O2/c1-3-8-7-9(14-13-8)12-10(15)11(2)5-4-6-16-11/h7H,3-6H2,1-2H3,(H2,12,13,14,15). The number of carbonyl (C=O) groups excluding carboxylic acids is 1. The minimum absolute atomic E-state index is 0.112. The first kappa shape index (κ1) is 11.1. The molecule has 5 nitrogen and oxygen atoms in total. The number of aromatic amines is 1. The number of carbonyl (C=O) groups is 1. The van der Waals surface area contributed by atoms with E-state index in [1.165, 1.54) is 0 Å². The van der Waals surface area contributed by atoms with Crippen molar-refractivity contribution in [3.63, 3.8) is 0 Å². The zero-order chi connectivity index (χ0) is 11.6. The van der Waals surface area contributed by atoms with Gasteiger partial charge in [0.15, 0.2) is 5.82 Å². The van der Waals surface area contributed by atoms with Gasteiger partial charge in [0, 0.05) is 18.4 Å². The fraction of sp³-hybridized carbons (Fsp3) is 0.636. The van der Waals surface area contributed by atoms with E-state index in [2.05, 4.69) is 15.5 Å². The van der Waals surface area contributed by atoms with Gasteiger partial charge in [0.1, 0.15) is 5.60 Å². The van der Waals surface area contributed by atoms with Gasteiger partial charge in [-0.25, -0.2) is 0 Å². The summed E-state index contributed by atoms with van der Waals surface area (Å²) in [6.07, 6.45) is 2.57. The third kappa shape index (κ3) is 2.09. The quantitative estimate of drug-likeness (QED) is 0.815. The van der Waals surface area contributed by atoms with Crippen molar-refractivity contribution in [2.45, 2.75) is 38.7 Å². The van der Waals surface area contributed by atoms with E-state index >= 15 is 0 Å². The molecule has 0 bridgehead atoms. The lowest BCUT2D eigenvalue weighted by molar-refractivity contribution is -0.133. The van der Waals surface area contributed by atoms with Gasteiger partial charge < -0.3 is 10.1 Å². The Morgan fingerprint density at radius 1 is 1.75 bits per heavy atom. The molecule has 0 spiro atoms. The van der Waals surface area contributed by atoms with Gasteiger partial charge in [-0.05, 0) is 26.2 Å². The van der Waals surface area contributed by atoms with Crippen molar-refractivity contribution >= 4 is 11.7 Å². The average Bonchev–Trinajstić information content (AvgIpc) is 2.88. The number of aryl methyl sites for hydroxylation is 1. The lowest BCUT2D eigenvalue weighted by Gasteiger charge is -2.20. The Hall–Kier alpha value is -1.36. The third-order valence-electron chi connectivity index (χ3n) is 2.95. The molecule has 2 rings (SSSR count). The molecule has 88 valence electrons. The summed E-state index contributed by atoms with van der Waals surface area (Å²) in [4.78, 5) is 11.9. The Bertz CT molecular complexity index is 380. The highest BCUT2D eigenvalue weighted by molar-refractivity contribution is 5.96. The average molecular weight is 223 g/mol. The molecule has 1 saturated heterocycles.